The average Bonchev–Trinajstić information content (AvgIpc) is 3.17. The Kier molecular flexibility index (Phi) is 5.16. The third-order valence-electron chi connectivity index (χ3n) is 3.73. The minimum atomic E-state index is 0.281. The molecule has 2 aliphatic rings. The zero-order chi connectivity index (χ0) is 14.5. The van der Waals surface area contributed by atoms with Crippen LogP contribution in [0.5, 0.6) is 0 Å². The van der Waals surface area contributed by atoms with Crippen molar-refractivity contribution in [1.29, 1.82) is 0 Å². The van der Waals surface area contributed by atoms with Crippen molar-refractivity contribution in [3.05, 3.63) is 12.7 Å². The molecule has 1 aromatic heterocycles. The van der Waals surface area contributed by atoms with Gasteiger partial charge in [0.25, 0.3) is 0 Å². The first kappa shape index (κ1) is 14.9. The lowest BCUT2D eigenvalue weighted by Gasteiger charge is -2.28. The normalized spacial score (nSPS) is 22.7. The van der Waals surface area contributed by atoms with Crippen LogP contribution in [0.4, 0.5) is 5.95 Å². The van der Waals surface area contributed by atoms with Crippen molar-refractivity contribution in [1.82, 2.24) is 14.8 Å². The summed E-state index contributed by atoms with van der Waals surface area (Å²) in [6, 6.07) is 0. The molecule has 0 saturated carbocycles. The van der Waals surface area contributed by atoms with Crippen molar-refractivity contribution in [3.63, 3.8) is 0 Å². The van der Waals surface area contributed by atoms with Crippen LogP contribution in [0.25, 0.3) is 0 Å². The summed E-state index contributed by atoms with van der Waals surface area (Å²) in [5.74, 6) is 1.78. The van der Waals surface area contributed by atoms with E-state index in [1.165, 1.54) is 0 Å². The van der Waals surface area contributed by atoms with Gasteiger partial charge in [0.05, 0.1) is 25.9 Å². The fraction of sp³-hybridized carbons (Fsp3) is 0.714. The first-order valence-electron chi connectivity index (χ1n) is 7.49. The maximum atomic E-state index is 5.78. The number of ether oxygens (including phenoxy) is 2. The average molecular weight is 310 g/mol. The zero-order valence-electron chi connectivity index (χ0n) is 12.2. The molecule has 0 aliphatic carbocycles. The first-order valence-corrected chi connectivity index (χ1v) is 8.48. The van der Waals surface area contributed by atoms with Gasteiger partial charge in [-0.15, -0.1) is 16.8 Å². The van der Waals surface area contributed by atoms with Crippen molar-refractivity contribution in [2.75, 3.05) is 43.6 Å². The minimum Gasteiger partial charge on any atom is -0.378 e. The van der Waals surface area contributed by atoms with Crippen LogP contribution in [0.15, 0.2) is 17.8 Å². The number of morpholine rings is 1. The summed E-state index contributed by atoms with van der Waals surface area (Å²) < 4.78 is 13.4. The number of hydrogen-bond acceptors (Lipinski definition) is 6. The fourth-order valence-corrected chi connectivity index (χ4v) is 3.35. The lowest BCUT2D eigenvalue weighted by atomic mass is 10.2. The van der Waals surface area contributed by atoms with Gasteiger partial charge >= 0.3 is 0 Å². The van der Waals surface area contributed by atoms with Gasteiger partial charge < -0.3 is 14.4 Å². The number of nitrogens with zero attached hydrogens (tertiary/aromatic N) is 4. The second-order valence-electron chi connectivity index (χ2n) is 5.23. The second kappa shape index (κ2) is 7.29. The molecule has 0 spiro atoms. The third kappa shape index (κ3) is 3.59. The lowest BCUT2D eigenvalue weighted by Crippen LogP contribution is -2.38. The molecule has 0 unspecified atom stereocenters. The van der Waals surface area contributed by atoms with Gasteiger partial charge in [0.2, 0.25) is 5.95 Å². The summed E-state index contributed by atoms with van der Waals surface area (Å²) in [5.41, 5.74) is 0. The Morgan fingerprint density at radius 2 is 2.14 bits per heavy atom. The molecule has 7 heteroatoms. The molecular weight excluding hydrogens is 288 g/mol. The Labute approximate surface area is 129 Å². The van der Waals surface area contributed by atoms with Gasteiger partial charge in [-0.2, -0.15) is 0 Å². The number of rotatable bonds is 6. The van der Waals surface area contributed by atoms with Crippen molar-refractivity contribution in [3.8, 4) is 0 Å². The highest BCUT2D eigenvalue weighted by molar-refractivity contribution is 7.99. The molecule has 6 nitrogen and oxygen atoms in total. The van der Waals surface area contributed by atoms with E-state index in [4.69, 9.17) is 9.47 Å². The highest BCUT2D eigenvalue weighted by atomic mass is 32.2. The van der Waals surface area contributed by atoms with E-state index >= 15 is 0 Å². The molecule has 0 aromatic carbocycles. The van der Waals surface area contributed by atoms with E-state index in [1.807, 2.05) is 6.08 Å². The molecule has 2 fully saturated rings. The molecule has 1 aromatic rings. The Balaban J connectivity index is 1.79. The van der Waals surface area contributed by atoms with Gasteiger partial charge in [0.1, 0.15) is 0 Å². The Hall–Kier alpha value is -1.05. The maximum absolute atomic E-state index is 5.78. The summed E-state index contributed by atoms with van der Waals surface area (Å²) in [4.78, 5) is 2.25. The summed E-state index contributed by atoms with van der Waals surface area (Å²) in [7, 11) is 0. The molecule has 21 heavy (non-hydrogen) atoms. The van der Waals surface area contributed by atoms with Gasteiger partial charge in [-0.25, -0.2) is 0 Å². The van der Waals surface area contributed by atoms with E-state index in [9.17, 15) is 0 Å². The lowest BCUT2D eigenvalue weighted by molar-refractivity contribution is 0.0942. The van der Waals surface area contributed by atoms with E-state index < -0.39 is 0 Å². The van der Waals surface area contributed by atoms with Gasteiger partial charge in [-0.1, -0.05) is 17.8 Å². The van der Waals surface area contributed by atoms with Crippen molar-refractivity contribution < 1.29 is 9.47 Å². The molecular formula is C14H22N4O2S. The quantitative estimate of drug-likeness (QED) is 0.587. The molecule has 3 heterocycles. The topological polar surface area (TPSA) is 52.4 Å². The Morgan fingerprint density at radius 1 is 1.29 bits per heavy atom. The molecule has 3 rings (SSSR count). The highest BCUT2D eigenvalue weighted by Crippen LogP contribution is 2.25. The molecule has 0 amide bonds. The molecule has 0 N–H and O–H groups in total. The predicted molar refractivity (Wildman–Crippen MR) is 82.9 cm³/mol. The number of aromatic nitrogens is 3. The van der Waals surface area contributed by atoms with E-state index in [2.05, 4.69) is 26.2 Å². The summed E-state index contributed by atoms with van der Waals surface area (Å²) in [5, 5.41) is 9.72. The molecule has 1 atom stereocenters. The zero-order valence-corrected chi connectivity index (χ0v) is 13.1. The molecule has 0 radical (unpaired) electrons. The summed E-state index contributed by atoms with van der Waals surface area (Å²) in [6.45, 7) is 8.72. The van der Waals surface area contributed by atoms with Crippen LogP contribution >= 0.6 is 11.8 Å². The van der Waals surface area contributed by atoms with E-state index in [1.54, 1.807) is 11.8 Å². The minimum absolute atomic E-state index is 0.281. The van der Waals surface area contributed by atoms with Gasteiger partial charge in [-0.05, 0) is 12.8 Å². The number of anilines is 1. The van der Waals surface area contributed by atoms with Crippen LogP contribution in [0, 0.1) is 0 Å². The van der Waals surface area contributed by atoms with Crippen molar-refractivity contribution in [2.45, 2.75) is 30.6 Å². The molecule has 0 bridgehead atoms. The number of hydrogen-bond donors (Lipinski definition) is 0. The Morgan fingerprint density at radius 3 is 2.86 bits per heavy atom. The third-order valence-corrected chi connectivity index (χ3v) is 4.69. The summed E-state index contributed by atoms with van der Waals surface area (Å²) >= 11 is 1.67. The van der Waals surface area contributed by atoms with Gasteiger partial charge in [0, 0.05) is 25.4 Å². The van der Waals surface area contributed by atoms with Crippen LogP contribution in [0.2, 0.25) is 0 Å². The molecule has 2 saturated heterocycles. The maximum Gasteiger partial charge on any atom is 0.228 e. The van der Waals surface area contributed by atoms with Crippen LogP contribution in [-0.4, -0.2) is 59.5 Å². The monoisotopic (exact) mass is 310 g/mol. The summed E-state index contributed by atoms with van der Waals surface area (Å²) in [6.07, 6.45) is 4.44. The number of thioether (sulfide) groups is 1. The smallest absolute Gasteiger partial charge is 0.228 e. The van der Waals surface area contributed by atoms with E-state index in [0.717, 1.165) is 69.2 Å². The molecule has 116 valence electrons. The first-order chi connectivity index (χ1) is 10.4. The van der Waals surface area contributed by atoms with Crippen molar-refractivity contribution >= 4 is 17.7 Å². The van der Waals surface area contributed by atoms with Crippen LogP contribution in [-0.2, 0) is 16.0 Å². The largest absolute Gasteiger partial charge is 0.378 e. The highest BCUT2D eigenvalue weighted by Gasteiger charge is 2.24. The van der Waals surface area contributed by atoms with Crippen LogP contribution in [0.1, 0.15) is 12.8 Å². The Bertz CT molecular complexity index is 468. The predicted octanol–water partition coefficient (Wildman–Crippen LogP) is 1.57. The standard InChI is InChI=1S/C14H22N4O2S/c1-2-10-21-14-16-15-13(17-5-8-19-9-6-17)18(14)11-12-4-3-7-20-12/h2,12H,1,3-11H2/t12-/m1/s1. The van der Waals surface area contributed by atoms with E-state index in [-0.39, 0.29) is 6.10 Å². The van der Waals surface area contributed by atoms with E-state index in [0.29, 0.717) is 0 Å². The van der Waals surface area contributed by atoms with Crippen LogP contribution < -0.4 is 4.90 Å². The van der Waals surface area contributed by atoms with Gasteiger partial charge in [-0.3, -0.25) is 4.57 Å². The fourth-order valence-electron chi connectivity index (χ4n) is 2.67. The van der Waals surface area contributed by atoms with Crippen molar-refractivity contribution in [2.24, 2.45) is 0 Å². The molecule has 2 aliphatic heterocycles. The SMILES string of the molecule is C=CCSc1nnc(N2CCOCC2)n1C[C@H]1CCCO1. The second-order valence-corrected chi connectivity index (χ2v) is 6.21. The van der Waals surface area contributed by atoms with Crippen LogP contribution in [0.3, 0.4) is 0 Å². The van der Waals surface area contributed by atoms with Gasteiger partial charge in [0.15, 0.2) is 5.16 Å².